The summed E-state index contributed by atoms with van der Waals surface area (Å²) in [6, 6.07) is 7.76. The molecule has 0 saturated heterocycles. The number of aliphatic hydroxyl groups is 1. The Hall–Kier alpha value is -4.56. The number of hydrogen-bond acceptors (Lipinski definition) is 10. The normalized spacial score (nSPS) is 10.9. The Balaban J connectivity index is 0.000000366. The Bertz CT molecular complexity index is 1250. The number of nitrogens with zero attached hydrogens (tertiary/aromatic N) is 3. The summed E-state index contributed by atoms with van der Waals surface area (Å²) in [6.45, 7) is 2.03. The van der Waals surface area contributed by atoms with E-state index in [-0.39, 0.29) is 0 Å². The summed E-state index contributed by atoms with van der Waals surface area (Å²) in [5.41, 5.74) is -0.623. The van der Waals surface area contributed by atoms with Gasteiger partial charge in [0.05, 0.1) is 59.0 Å². The number of benzene rings is 1. The molecule has 3 rings (SSSR count). The molecule has 0 atom stereocenters. The Labute approximate surface area is 229 Å². The molecule has 0 radical (unpaired) electrons. The maximum absolute atomic E-state index is 10.3. The van der Waals surface area contributed by atoms with Gasteiger partial charge >= 0.3 is 17.9 Å². The van der Waals surface area contributed by atoms with Crippen LogP contribution in [0.25, 0.3) is 0 Å². The number of ether oxygens (including phenoxy) is 3. The first kappa shape index (κ1) is 31.7. The number of methoxy groups -OCH3 is 3. The van der Waals surface area contributed by atoms with Crippen LogP contribution in [-0.2, 0) is 41.1 Å². The van der Waals surface area contributed by atoms with Crippen molar-refractivity contribution in [2.75, 3.05) is 21.3 Å². The van der Waals surface area contributed by atoms with E-state index in [9.17, 15) is 14.4 Å². The van der Waals surface area contributed by atoms with E-state index in [1.54, 1.807) is 33.9 Å². The van der Waals surface area contributed by atoms with Gasteiger partial charge in [-0.25, -0.2) is 9.78 Å². The zero-order valence-corrected chi connectivity index (χ0v) is 22.6. The van der Waals surface area contributed by atoms with Gasteiger partial charge in [0, 0.05) is 31.9 Å². The Morgan fingerprint density at radius 1 is 0.950 bits per heavy atom. The van der Waals surface area contributed by atoms with Crippen LogP contribution >= 0.6 is 0 Å². The minimum Gasteiger partial charge on any atom is -0.493 e. The van der Waals surface area contributed by atoms with Crippen molar-refractivity contribution in [3.05, 3.63) is 60.1 Å². The first-order valence-corrected chi connectivity index (χ1v) is 11.8. The minimum atomic E-state index is -2.74. The second-order valence-corrected chi connectivity index (χ2v) is 8.69. The number of imidazole rings is 1. The molecule has 0 unspecified atom stereocenters. The van der Waals surface area contributed by atoms with E-state index >= 15 is 0 Å². The third-order valence-electron chi connectivity index (χ3n) is 5.73. The van der Waals surface area contributed by atoms with Crippen molar-refractivity contribution in [3.63, 3.8) is 0 Å². The molecule has 2 aromatic heterocycles. The summed E-state index contributed by atoms with van der Waals surface area (Å²) >= 11 is 0. The molecule has 0 amide bonds. The highest BCUT2D eigenvalue weighted by atomic mass is 16.5. The molecule has 0 fully saturated rings. The van der Waals surface area contributed by atoms with Crippen LogP contribution in [0, 0.1) is 0 Å². The highest BCUT2D eigenvalue weighted by Gasteiger charge is 2.40. The van der Waals surface area contributed by atoms with Crippen LogP contribution in [0.5, 0.6) is 17.2 Å². The largest absolute Gasteiger partial charge is 0.493 e. The molecule has 3 aromatic rings. The zero-order chi connectivity index (χ0) is 29.9. The van der Waals surface area contributed by atoms with Crippen molar-refractivity contribution < 1.29 is 53.4 Å². The van der Waals surface area contributed by atoms with Gasteiger partial charge < -0.3 is 43.6 Å². The fourth-order valence-corrected chi connectivity index (χ4v) is 3.80. The standard InChI is InChI=1S/C20H25N3O4.C6H8O7/c1-22-14-21-10-16(22)12-23(13-17-6-5-9-27-17)11-15-7-8-18(24-2)20(26-4)19(15)25-3;7-3(8)1-6(13,5(11)12)2-4(9)10/h5-10,14H,11-13H2,1-4H3;13H,1-2H2,(H,7,8)(H,9,10)(H,11,12). The Morgan fingerprint density at radius 2 is 1.60 bits per heavy atom. The van der Waals surface area contributed by atoms with Crippen LogP contribution in [0.4, 0.5) is 0 Å². The van der Waals surface area contributed by atoms with Crippen molar-refractivity contribution >= 4 is 17.9 Å². The summed E-state index contributed by atoms with van der Waals surface area (Å²) in [4.78, 5) is 37.0. The van der Waals surface area contributed by atoms with Crippen molar-refractivity contribution in [2.24, 2.45) is 7.05 Å². The fourth-order valence-electron chi connectivity index (χ4n) is 3.80. The molecule has 0 saturated carbocycles. The highest BCUT2D eigenvalue weighted by molar-refractivity contribution is 5.88. The molecule has 0 aliphatic carbocycles. The van der Waals surface area contributed by atoms with Gasteiger partial charge in [-0.2, -0.15) is 0 Å². The monoisotopic (exact) mass is 563 g/mol. The smallest absolute Gasteiger partial charge is 0.336 e. The van der Waals surface area contributed by atoms with Crippen molar-refractivity contribution in [1.82, 2.24) is 14.5 Å². The lowest BCUT2D eigenvalue weighted by Gasteiger charge is -2.23. The van der Waals surface area contributed by atoms with E-state index in [4.69, 9.17) is 39.1 Å². The van der Waals surface area contributed by atoms with Gasteiger partial charge in [-0.05, 0) is 18.2 Å². The Morgan fingerprint density at radius 3 is 2.05 bits per heavy atom. The maximum atomic E-state index is 10.3. The topological polar surface area (TPSA) is 194 Å². The molecule has 0 aliphatic rings. The number of rotatable bonds is 14. The maximum Gasteiger partial charge on any atom is 0.336 e. The summed E-state index contributed by atoms with van der Waals surface area (Å²) in [5, 5.41) is 33.8. The molecule has 1 aromatic carbocycles. The molecule has 14 nitrogen and oxygen atoms in total. The average molecular weight is 564 g/mol. The van der Waals surface area contributed by atoms with Gasteiger partial charge in [-0.1, -0.05) is 6.07 Å². The molecule has 2 heterocycles. The van der Waals surface area contributed by atoms with Crippen LogP contribution in [0.2, 0.25) is 0 Å². The van der Waals surface area contributed by atoms with E-state index in [0.717, 1.165) is 17.0 Å². The number of carboxylic acid groups (broad SMARTS) is 3. The molecule has 4 N–H and O–H groups in total. The van der Waals surface area contributed by atoms with Gasteiger partial charge in [-0.15, -0.1) is 0 Å². The lowest BCUT2D eigenvalue weighted by molar-refractivity contribution is -0.170. The van der Waals surface area contributed by atoms with Crippen molar-refractivity contribution in [2.45, 2.75) is 38.1 Å². The van der Waals surface area contributed by atoms with E-state index in [1.807, 2.05) is 42.1 Å². The fraction of sp³-hybridized carbons (Fsp3) is 0.385. The Kier molecular flexibility index (Phi) is 11.5. The number of carbonyl (C=O) groups is 3. The van der Waals surface area contributed by atoms with Gasteiger partial charge in [-0.3, -0.25) is 14.5 Å². The lowest BCUT2D eigenvalue weighted by Crippen LogP contribution is -2.42. The van der Waals surface area contributed by atoms with E-state index in [1.165, 1.54) is 0 Å². The highest BCUT2D eigenvalue weighted by Crippen LogP contribution is 2.40. The molecule has 0 spiro atoms. The van der Waals surface area contributed by atoms with Crippen LogP contribution in [0.1, 0.15) is 29.9 Å². The first-order chi connectivity index (χ1) is 18.9. The predicted molar refractivity (Wildman–Crippen MR) is 138 cm³/mol. The summed E-state index contributed by atoms with van der Waals surface area (Å²) in [7, 11) is 6.85. The third-order valence-corrected chi connectivity index (χ3v) is 5.73. The number of aryl methyl sites for hydroxylation is 1. The number of aromatic nitrogens is 2. The van der Waals surface area contributed by atoms with E-state index in [0.29, 0.717) is 36.9 Å². The average Bonchev–Trinajstić information content (AvgIpc) is 3.54. The number of furan rings is 1. The minimum absolute atomic E-state index is 0.594. The summed E-state index contributed by atoms with van der Waals surface area (Å²) in [5.74, 6) is -2.21. The molecular weight excluding hydrogens is 530 g/mol. The van der Waals surface area contributed by atoms with Crippen LogP contribution < -0.4 is 14.2 Å². The molecule has 0 aliphatic heterocycles. The second kappa shape index (κ2) is 14.6. The van der Waals surface area contributed by atoms with Crippen LogP contribution in [0.3, 0.4) is 0 Å². The zero-order valence-electron chi connectivity index (χ0n) is 22.6. The quantitative estimate of drug-likeness (QED) is 0.223. The van der Waals surface area contributed by atoms with Gasteiger partial charge in [0.2, 0.25) is 5.75 Å². The van der Waals surface area contributed by atoms with E-state index in [2.05, 4.69) is 9.88 Å². The number of carboxylic acids is 3. The summed E-state index contributed by atoms with van der Waals surface area (Å²) in [6.07, 6.45) is 3.08. The van der Waals surface area contributed by atoms with Crippen molar-refractivity contribution in [3.8, 4) is 17.2 Å². The third kappa shape index (κ3) is 8.74. The van der Waals surface area contributed by atoms with Crippen LogP contribution in [-0.4, -0.2) is 79.7 Å². The summed E-state index contributed by atoms with van der Waals surface area (Å²) < 4.78 is 24.1. The number of aliphatic carboxylic acids is 3. The lowest BCUT2D eigenvalue weighted by atomic mass is 9.96. The molecular formula is C26H33N3O11. The van der Waals surface area contributed by atoms with Gasteiger partial charge in [0.25, 0.3) is 0 Å². The van der Waals surface area contributed by atoms with Crippen LogP contribution in [0.15, 0.2) is 47.5 Å². The number of hydrogen-bond donors (Lipinski definition) is 4. The van der Waals surface area contributed by atoms with Crippen molar-refractivity contribution in [1.29, 1.82) is 0 Å². The predicted octanol–water partition coefficient (Wildman–Crippen LogP) is 1.99. The molecule has 14 heteroatoms. The first-order valence-electron chi connectivity index (χ1n) is 11.8. The molecule has 40 heavy (non-hydrogen) atoms. The van der Waals surface area contributed by atoms with Gasteiger partial charge in [0.1, 0.15) is 5.76 Å². The van der Waals surface area contributed by atoms with Gasteiger partial charge in [0.15, 0.2) is 17.1 Å². The molecule has 218 valence electrons. The second-order valence-electron chi connectivity index (χ2n) is 8.69. The SMILES string of the molecule is COc1ccc(CN(Cc2ccco2)Cc2cncn2C)c(OC)c1OC.O=C(O)CC(O)(CC(=O)O)C(=O)O. The van der Waals surface area contributed by atoms with E-state index < -0.39 is 36.4 Å². The molecule has 0 bridgehead atoms.